The third kappa shape index (κ3) is 2.05. The van der Waals surface area contributed by atoms with Crippen molar-refractivity contribution in [2.75, 3.05) is 6.54 Å². The number of hydrogen-bond donors (Lipinski definition) is 1. The molecule has 1 saturated heterocycles. The standard InChI is InChI=1S/C18H25NO2/c1-10-8-13-12(3)17-14(9-11(2)20-17)16(18(13)21-10)15-6-4-5-7-19-15/h10-11,15,19H,4-9H2,1-3H3. The lowest BCUT2D eigenvalue weighted by molar-refractivity contribution is 0.248. The van der Waals surface area contributed by atoms with Crippen molar-refractivity contribution in [3.05, 3.63) is 22.3 Å². The summed E-state index contributed by atoms with van der Waals surface area (Å²) in [6.07, 6.45) is 6.44. The van der Waals surface area contributed by atoms with Crippen molar-refractivity contribution in [3.63, 3.8) is 0 Å². The highest BCUT2D eigenvalue weighted by Gasteiger charge is 2.36. The summed E-state index contributed by atoms with van der Waals surface area (Å²) in [6.45, 7) is 7.67. The van der Waals surface area contributed by atoms with Gasteiger partial charge in [-0.25, -0.2) is 0 Å². The first-order chi connectivity index (χ1) is 10.1. The summed E-state index contributed by atoms with van der Waals surface area (Å²) in [5, 5.41) is 3.71. The Morgan fingerprint density at radius 3 is 2.38 bits per heavy atom. The Bertz CT molecular complexity index is 536. The van der Waals surface area contributed by atoms with Gasteiger partial charge in [-0.15, -0.1) is 0 Å². The van der Waals surface area contributed by atoms with Crippen LogP contribution < -0.4 is 14.8 Å². The lowest BCUT2D eigenvalue weighted by Gasteiger charge is -2.28. The van der Waals surface area contributed by atoms with Gasteiger partial charge in [0.1, 0.15) is 23.7 Å². The Balaban J connectivity index is 1.88. The maximum atomic E-state index is 6.24. The van der Waals surface area contributed by atoms with Crippen LogP contribution in [0.2, 0.25) is 0 Å². The van der Waals surface area contributed by atoms with Crippen LogP contribution in [-0.4, -0.2) is 18.8 Å². The van der Waals surface area contributed by atoms with Crippen LogP contribution in [0.3, 0.4) is 0 Å². The summed E-state index contributed by atoms with van der Waals surface area (Å²) in [5.41, 5.74) is 5.53. The molecular weight excluding hydrogens is 262 g/mol. The number of benzene rings is 1. The van der Waals surface area contributed by atoms with Crippen molar-refractivity contribution >= 4 is 0 Å². The average molecular weight is 287 g/mol. The second kappa shape index (κ2) is 4.91. The fourth-order valence-electron chi connectivity index (χ4n) is 4.23. The number of piperidine rings is 1. The van der Waals surface area contributed by atoms with E-state index < -0.39 is 0 Å². The fourth-order valence-corrected chi connectivity index (χ4v) is 4.23. The largest absolute Gasteiger partial charge is 0.490 e. The first kappa shape index (κ1) is 13.4. The SMILES string of the molecule is Cc1c2c(c(C3CCCCN3)c3c1OC(C)C3)OC(C)C2. The smallest absolute Gasteiger partial charge is 0.128 e. The molecule has 0 saturated carbocycles. The van der Waals surface area contributed by atoms with E-state index in [1.807, 2.05) is 0 Å². The minimum atomic E-state index is 0.293. The lowest BCUT2D eigenvalue weighted by Crippen LogP contribution is -2.28. The number of fused-ring (bicyclic) bond motifs is 2. The number of nitrogens with one attached hydrogen (secondary N) is 1. The van der Waals surface area contributed by atoms with Crippen molar-refractivity contribution in [2.24, 2.45) is 0 Å². The van der Waals surface area contributed by atoms with Crippen LogP contribution in [0.4, 0.5) is 0 Å². The molecule has 0 aliphatic carbocycles. The van der Waals surface area contributed by atoms with Crippen LogP contribution in [0.15, 0.2) is 0 Å². The van der Waals surface area contributed by atoms with Crippen LogP contribution in [0, 0.1) is 6.92 Å². The maximum absolute atomic E-state index is 6.24. The number of hydrogen-bond acceptors (Lipinski definition) is 3. The minimum Gasteiger partial charge on any atom is -0.490 e. The van der Waals surface area contributed by atoms with Gasteiger partial charge in [-0.2, -0.15) is 0 Å². The highest BCUT2D eigenvalue weighted by atomic mass is 16.5. The second-order valence-electron chi connectivity index (χ2n) is 6.92. The van der Waals surface area contributed by atoms with E-state index >= 15 is 0 Å². The molecule has 0 spiro atoms. The van der Waals surface area contributed by atoms with Gasteiger partial charge in [-0.3, -0.25) is 0 Å². The molecule has 3 aliphatic rings. The first-order valence-corrected chi connectivity index (χ1v) is 8.40. The van der Waals surface area contributed by atoms with Crippen molar-refractivity contribution in [1.29, 1.82) is 0 Å². The van der Waals surface area contributed by atoms with Crippen LogP contribution in [0.5, 0.6) is 11.5 Å². The molecule has 1 aromatic rings. The van der Waals surface area contributed by atoms with Crippen LogP contribution in [0.25, 0.3) is 0 Å². The van der Waals surface area contributed by atoms with Gasteiger partial charge in [0.15, 0.2) is 0 Å². The highest BCUT2D eigenvalue weighted by Crippen LogP contribution is 2.49. The summed E-state index contributed by atoms with van der Waals surface area (Å²) >= 11 is 0. The molecule has 21 heavy (non-hydrogen) atoms. The van der Waals surface area contributed by atoms with Crippen LogP contribution >= 0.6 is 0 Å². The van der Waals surface area contributed by atoms with E-state index in [4.69, 9.17) is 9.47 Å². The molecule has 3 atom stereocenters. The van der Waals surface area contributed by atoms with E-state index in [1.54, 1.807) is 0 Å². The first-order valence-electron chi connectivity index (χ1n) is 8.40. The zero-order valence-electron chi connectivity index (χ0n) is 13.3. The van der Waals surface area contributed by atoms with Gasteiger partial charge >= 0.3 is 0 Å². The molecule has 114 valence electrons. The van der Waals surface area contributed by atoms with Crippen molar-refractivity contribution in [2.45, 2.75) is 71.1 Å². The van der Waals surface area contributed by atoms with Gasteiger partial charge in [0, 0.05) is 35.6 Å². The Labute approximate surface area is 127 Å². The van der Waals surface area contributed by atoms with Crippen LogP contribution in [-0.2, 0) is 12.8 Å². The van der Waals surface area contributed by atoms with Crippen molar-refractivity contribution in [3.8, 4) is 11.5 Å². The molecule has 1 fully saturated rings. The van der Waals surface area contributed by atoms with E-state index in [-0.39, 0.29) is 0 Å². The van der Waals surface area contributed by atoms with Crippen molar-refractivity contribution < 1.29 is 9.47 Å². The highest BCUT2D eigenvalue weighted by molar-refractivity contribution is 5.63. The topological polar surface area (TPSA) is 30.5 Å². The number of ether oxygens (including phenoxy) is 2. The zero-order valence-corrected chi connectivity index (χ0v) is 13.3. The molecule has 3 heteroatoms. The molecule has 0 radical (unpaired) electrons. The minimum absolute atomic E-state index is 0.293. The quantitative estimate of drug-likeness (QED) is 0.858. The molecule has 3 nitrogen and oxygen atoms in total. The third-order valence-electron chi connectivity index (χ3n) is 5.19. The van der Waals surface area contributed by atoms with Gasteiger partial charge in [0.2, 0.25) is 0 Å². The lowest BCUT2D eigenvalue weighted by atomic mass is 9.87. The molecule has 3 heterocycles. The molecule has 3 aliphatic heterocycles. The Morgan fingerprint density at radius 2 is 1.67 bits per heavy atom. The Hall–Kier alpha value is -1.22. The molecule has 1 aromatic carbocycles. The summed E-state index contributed by atoms with van der Waals surface area (Å²) in [7, 11) is 0. The van der Waals surface area contributed by atoms with Crippen LogP contribution in [0.1, 0.15) is 61.4 Å². The van der Waals surface area contributed by atoms with E-state index in [2.05, 4.69) is 26.1 Å². The van der Waals surface area contributed by atoms with Crippen molar-refractivity contribution in [1.82, 2.24) is 5.32 Å². The van der Waals surface area contributed by atoms with Gasteiger partial charge in [0.05, 0.1) is 0 Å². The summed E-state index contributed by atoms with van der Waals surface area (Å²) in [4.78, 5) is 0. The van der Waals surface area contributed by atoms with Gasteiger partial charge in [-0.1, -0.05) is 6.42 Å². The summed E-state index contributed by atoms with van der Waals surface area (Å²) < 4.78 is 12.4. The maximum Gasteiger partial charge on any atom is 0.128 e. The van der Waals surface area contributed by atoms with Gasteiger partial charge < -0.3 is 14.8 Å². The molecule has 3 unspecified atom stereocenters. The summed E-state index contributed by atoms with van der Waals surface area (Å²) in [6, 6.07) is 0.445. The van der Waals surface area contributed by atoms with E-state index in [0.29, 0.717) is 18.2 Å². The van der Waals surface area contributed by atoms with Gasteiger partial charge in [0.25, 0.3) is 0 Å². The average Bonchev–Trinajstić information content (AvgIpc) is 3.03. The number of rotatable bonds is 1. The molecule has 1 N–H and O–H groups in total. The molecule has 0 aromatic heterocycles. The predicted molar refractivity (Wildman–Crippen MR) is 83.4 cm³/mol. The fraction of sp³-hybridized carbons (Fsp3) is 0.667. The van der Waals surface area contributed by atoms with E-state index in [1.165, 1.54) is 47.3 Å². The Morgan fingerprint density at radius 1 is 0.952 bits per heavy atom. The molecule has 0 amide bonds. The van der Waals surface area contributed by atoms with Gasteiger partial charge in [-0.05, 0) is 45.7 Å². The third-order valence-corrected chi connectivity index (χ3v) is 5.19. The van der Waals surface area contributed by atoms with E-state index in [0.717, 1.165) is 25.1 Å². The zero-order chi connectivity index (χ0) is 14.6. The molecular formula is C18H25NO2. The molecule has 4 rings (SSSR count). The predicted octanol–water partition coefficient (Wildman–Crippen LogP) is 3.46. The summed E-state index contributed by atoms with van der Waals surface area (Å²) in [5.74, 6) is 2.33. The normalized spacial score (nSPS) is 30.5. The monoisotopic (exact) mass is 287 g/mol. The van der Waals surface area contributed by atoms with E-state index in [9.17, 15) is 0 Å². The molecule has 0 bridgehead atoms. The second-order valence-corrected chi connectivity index (χ2v) is 6.92. The Kier molecular flexibility index (Phi) is 3.14.